The van der Waals surface area contributed by atoms with Crippen LogP contribution in [0, 0.1) is 0 Å². The number of anilines is 1. The van der Waals surface area contributed by atoms with E-state index in [1.165, 1.54) is 0 Å². The van der Waals surface area contributed by atoms with E-state index < -0.39 is 0 Å². The molecule has 0 unspecified atom stereocenters. The summed E-state index contributed by atoms with van der Waals surface area (Å²) in [6, 6.07) is 12.6. The Balaban J connectivity index is 1.51. The molecule has 0 aliphatic rings. The maximum Gasteiger partial charge on any atom is 0.319 e. The van der Waals surface area contributed by atoms with Gasteiger partial charge in [0, 0.05) is 36.1 Å². The molecule has 3 rings (SSSR count). The number of amides is 2. The lowest BCUT2D eigenvalue weighted by Crippen LogP contribution is -2.30. The SMILES string of the molecule is O=C(NCCc1cn2ccccc2n1)Nc1cccc(Cl)c1. The molecule has 0 saturated heterocycles. The first-order chi connectivity index (χ1) is 10.7. The number of nitrogens with zero attached hydrogens (tertiary/aromatic N) is 2. The van der Waals surface area contributed by atoms with Gasteiger partial charge in [0.2, 0.25) is 0 Å². The zero-order valence-corrected chi connectivity index (χ0v) is 12.5. The molecule has 0 aliphatic carbocycles. The molecule has 0 spiro atoms. The van der Waals surface area contributed by atoms with Crippen molar-refractivity contribution in [2.24, 2.45) is 0 Å². The van der Waals surface area contributed by atoms with Crippen molar-refractivity contribution in [1.82, 2.24) is 14.7 Å². The Morgan fingerprint density at radius 1 is 1.23 bits per heavy atom. The van der Waals surface area contributed by atoms with Gasteiger partial charge in [-0.1, -0.05) is 23.7 Å². The Morgan fingerprint density at radius 2 is 2.14 bits per heavy atom. The van der Waals surface area contributed by atoms with Gasteiger partial charge in [0.15, 0.2) is 0 Å². The largest absolute Gasteiger partial charge is 0.337 e. The normalized spacial score (nSPS) is 10.6. The smallest absolute Gasteiger partial charge is 0.319 e. The first-order valence-electron chi connectivity index (χ1n) is 6.94. The average Bonchev–Trinajstić information content (AvgIpc) is 2.90. The van der Waals surface area contributed by atoms with Crippen molar-refractivity contribution in [3.63, 3.8) is 0 Å². The summed E-state index contributed by atoms with van der Waals surface area (Å²) in [4.78, 5) is 16.3. The Bertz CT molecular complexity index is 766. The van der Waals surface area contributed by atoms with Gasteiger partial charge in [0.1, 0.15) is 5.65 Å². The second-order valence-corrected chi connectivity index (χ2v) is 5.28. The van der Waals surface area contributed by atoms with Gasteiger partial charge in [-0.05, 0) is 30.3 Å². The number of halogens is 1. The zero-order chi connectivity index (χ0) is 15.4. The van der Waals surface area contributed by atoms with E-state index in [0.717, 1.165) is 11.3 Å². The number of urea groups is 1. The molecular formula is C16H15ClN4O. The predicted molar refractivity (Wildman–Crippen MR) is 87.4 cm³/mol. The minimum absolute atomic E-state index is 0.258. The molecule has 5 nitrogen and oxygen atoms in total. The van der Waals surface area contributed by atoms with Crippen molar-refractivity contribution < 1.29 is 4.79 Å². The summed E-state index contributed by atoms with van der Waals surface area (Å²) in [7, 11) is 0. The Labute approximate surface area is 132 Å². The van der Waals surface area contributed by atoms with Gasteiger partial charge < -0.3 is 15.0 Å². The van der Waals surface area contributed by atoms with E-state index in [1.54, 1.807) is 24.3 Å². The van der Waals surface area contributed by atoms with Crippen LogP contribution in [0.2, 0.25) is 5.02 Å². The molecule has 1 aromatic carbocycles. The fraction of sp³-hybridized carbons (Fsp3) is 0.125. The number of imidazole rings is 1. The monoisotopic (exact) mass is 314 g/mol. The molecule has 3 aromatic rings. The summed E-state index contributed by atoms with van der Waals surface area (Å²) in [6.45, 7) is 0.510. The van der Waals surface area contributed by atoms with Crippen molar-refractivity contribution in [2.45, 2.75) is 6.42 Å². The standard InChI is InChI=1S/C16H15ClN4O/c17-12-4-3-5-13(10-12)20-16(22)18-8-7-14-11-21-9-2-1-6-15(21)19-14/h1-6,9-11H,7-8H2,(H2,18,20,22). The summed E-state index contributed by atoms with van der Waals surface area (Å²) in [5.41, 5.74) is 2.51. The number of carbonyl (C=O) groups excluding carboxylic acids is 1. The summed E-state index contributed by atoms with van der Waals surface area (Å²) in [5.74, 6) is 0. The lowest BCUT2D eigenvalue weighted by Gasteiger charge is -2.07. The fourth-order valence-electron chi connectivity index (χ4n) is 2.15. The number of fused-ring (bicyclic) bond motifs is 1. The minimum Gasteiger partial charge on any atom is -0.337 e. The first kappa shape index (κ1) is 14.4. The zero-order valence-electron chi connectivity index (χ0n) is 11.8. The van der Waals surface area contributed by atoms with Gasteiger partial charge in [0.25, 0.3) is 0 Å². The van der Waals surface area contributed by atoms with Gasteiger partial charge >= 0.3 is 6.03 Å². The summed E-state index contributed by atoms with van der Waals surface area (Å²) >= 11 is 5.87. The molecule has 22 heavy (non-hydrogen) atoms. The highest BCUT2D eigenvalue weighted by atomic mass is 35.5. The van der Waals surface area contributed by atoms with Gasteiger partial charge in [-0.2, -0.15) is 0 Å². The molecule has 0 fully saturated rings. The quantitative estimate of drug-likeness (QED) is 0.776. The summed E-state index contributed by atoms with van der Waals surface area (Å²) < 4.78 is 1.96. The number of nitrogens with one attached hydrogen (secondary N) is 2. The Hall–Kier alpha value is -2.53. The van der Waals surface area contributed by atoms with E-state index in [0.29, 0.717) is 23.7 Å². The molecule has 112 valence electrons. The number of aromatic nitrogens is 2. The number of benzene rings is 1. The highest BCUT2D eigenvalue weighted by Gasteiger charge is 2.04. The van der Waals surface area contributed by atoms with E-state index in [1.807, 2.05) is 35.0 Å². The topological polar surface area (TPSA) is 58.4 Å². The van der Waals surface area contributed by atoms with E-state index in [-0.39, 0.29) is 6.03 Å². The Morgan fingerprint density at radius 3 is 2.95 bits per heavy atom. The molecule has 0 radical (unpaired) electrons. The third kappa shape index (κ3) is 3.56. The van der Waals surface area contributed by atoms with E-state index >= 15 is 0 Å². The van der Waals surface area contributed by atoms with E-state index in [4.69, 9.17) is 11.6 Å². The van der Waals surface area contributed by atoms with Gasteiger partial charge in [0.05, 0.1) is 5.69 Å². The summed E-state index contributed by atoms with van der Waals surface area (Å²) in [6.07, 6.45) is 4.58. The van der Waals surface area contributed by atoms with Crippen LogP contribution >= 0.6 is 11.6 Å². The van der Waals surface area contributed by atoms with Crippen molar-refractivity contribution in [1.29, 1.82) is 0 Å². The Kier molecular flexibility index (Phi) is 4.25. The molecule has 0 bridgehead atoms. The van der Waals surface area contributed by atoms with Crippen molar-refractivity contribution in [3.8, 4) is 0 Å². The van der Waals surface area contributed by atoms with Crippen molar-refractivity contribution in [3.05, 3.63) is 65.6 Å². The maximum absolute atomic E-state index is 11.8. The van der Waals surface area contributed by atoms with Crippen LogP contribution < -0.4 is 10.6 Å². The van der Waals surface area contributed by atoms with E-state index in [2.05, 4.69) is 15.6 Å². The lowest BCUT2D eigenvalue weighted by molar-refractivity contribution is 0.252. The van der Waals surface area contributed by atoms with Crippen LogP contribution in [0.15, 0.2) is 54.9 Å². The van der Waals surface area contributed by atoms with E-state index in [9.17, 15) is 4.79 Å². The van der Waals surface area contributed by atoms with Crippen LogP contribution in [0.25, 0.3) is 5.65 Å². The van der Waals surface area contributed by atoms with Crippen LogP contribution in [0.3, 0.4) is 0 Å². The summed E-state index contributed by atoms with van der Waals surface area (Å²) in [5, 5.41) is 6.12. The molecule has 0 aliphatic heterocycles. The lowest BCUT2D eigenvalue weighted by atomic mass is 10.3. The number of carbonyl (C=O) groups is 1. The molecule has 2 heterocycles. The molecule has 2 amide bonds. The second kappa shape index (κ2) is 6.49. The average molecular weight is 315 g/mol. The third-order valence-electron chi connectivity index (χ3n) is 3.16. The third-order valence-corrected chi connectivity index (χ3v) is 3.40. The van der Waals surface area contributed by atoms with Crippen LogP contribution in [0.4, 0.5) is 10.5 Å². The number of hydrogen-bond acceptors (Lipinski definition) is 2. The van der Waals surface area contributed by atoms with Crippen LogP contribution in [-0.4, -0.2) is 22.0 Å². The van der Waals surface area contributed by atoms with Gasteiger partial charge in [-0.3, -0.25) is 0 Å². The number of hydrogen-bond donors (Lipinski definition) is 2. The van der Waals surface area contributed by atoms with Crippen LogP contribution in [-0.2, 0) is 6.42 Å². The predicted octanol–water partition coefficient (Wildman–Crippen LogP) is 3.35. The molecular weight excluding hydrogens is 300 g/mol. The molecule has 0 saturated carbocycles. The highest BCUT2D eigenvalue weighted by molar-refractivity contribution is 6.30. The number of rotatable bonds is 4. The molecule has 0 atom stereocenters. The first-order valence-corrected chi connectivity index (χ1v) is 7.31. The second-order valence-electron chi connectivity index (χ2n) is 4.84. The molecule has 6 heteroatoms. The van der Waals surface area contributed by atoms with Crippen LogP contribution in [0.1, 0.15) is 5.69 Å². The van der Waals surface area contributed by atoms with Gasteiger partial charge in [-0.25, -0.2) is 9.78 Å². The van der Waals surface area contributed by atoms with Crippen molar-refractivity contribution >= 4 is 29.0 Å². The molecule has 2 aromatic heterocycles. The van der Waals surface area contributed by atoms with Crippen LogP contribution in [0.5, 0.6) is 0 Å². The minimum atomic E-state index is -0.258. The van der Waals surface area contributed by atoms with Crippen molar-refractivity contribution in [2.75, 3.05) is 11.9 Å². The maximum atomic E-state index is 11.8. The number of pyridine rings is 1. The highest BCUT2D eigenvalue weighted by Crippen LogP contribution is 2.14. The molecule has 2 N–H and O–H groups in total. The fourth-order valence-corrected chi connectivity index (χ4v) is 2.34. The van der Waals surface area contributed by atoms with Gasteiger partial charge in [-0.15, -0.1) is 0 Å².